The minimum absolute atomic E-state index is 0.348. The molecule has 2 aromatic rings. The molecule has 0 aliphatic carbocycles. The molecule has 5 nitrogen and oxygen atoms in total. The monoisotopic (exact) mass is 344 g/mol. The minimum Gasteiger partial charge on any atom is -0.496 e. The number of benzene rings is 2. The van der Waals surface area contributed by atoms with Crippen LogP contribution in [0.1, 0.15) is 22.7 Å². The standard InChI is InChI=1S/C18H17ClN2O3/c1-23-16-7-6-15(19)9-14(16)11-21-17(18(22)24-2)13-5-3-4-12(8-13)10-20/h3-9,17,21H,11H2,1-2H3/t17-/m1/s1. The van der Waals surface area contributed by atoms with Crippen molar-refractivity contribution in [1.29, 1.82) is 5.26 Å². The molecule has 0 unspecified atom stereocenters. The van der Waals surface area contributed by atoms with E-state index >= 15 is 0 Å². The molecule has 124 valence electrons. The summed E-state index contributed by atoms with van der Waals surface area (Å²) >= 11 is 6.02. The van der Waals surface area contributed by atoms with Gasteiger partial charge in [-0.1, -0.05) is 23.7 Å². The number of hydrogen-bond acceptors (Lipinski definition) is 5. The summed E-state index contributed by atoms with van der Waals surface area (Å²) in [7, 11) is 2.89. The van der Waals surface area contributed by atoms with Gasteiger partial charge in [-0.05, 0) is 35.9 Å². The van der Waals surface area contributed by atoms with Gasteiger partial charge >= 0.3 is 5.97 Å². The molecule has 0 aliphatic heterocycles. The topological polar surface area (TPSA) is 71.3 Å². The van der Waals surface area contributed by atoms with Crippen LogP contribution >= 0.6 is 11.6 Å². The Hall–Kier alpha value is -2.55. The highest BCUT2D eigenvalue weighted by Crippen LogP contribution is 2.24. The molecule has 0 saturated carbocycles. The molecule has 0 spiro atoms. The lowest BCUT2D eigenvalue weighted by atomic mass is 10.0. The first-order valence-electron chi connectivity index (χ1n) is 7.22. The van der Waals surface area contributed by atoms with Crippen molar-refractivity contribution in [3.05, 3.63) is 64.2 Å². The number of esters is 1. The van der Waals surface area contributed by atoms with Crippen LogP contribution in [0.4, 0.5) is 0 Å². The van der Waals surface area contributed by atoms with Crippen LogP contribution in [0.15, 0.2) is 42.5 Å². The smallest absolute Gasteiger partial charge is 0.327 e. The zero-order valence-electron chi connectivity index (χ0n) is 13.4. The number of methoxy groups -OCH3 is 2. The van der Waals surface area contributed by atoms with Crippen LogP contribution in [0.25, 0.3) is 0 Å². The Morgan fingerprint density at radius 1 is 1.29 bits per heavy atom. The lowest BCUT2D eigenvalue weighted by Gasteiger charge is -2.18. The number of carbonyl (C=O) groups is 1. The van der Waals surface area contributed by atoms with Crippen LogP contribution in [0.5, 0.6) is 5.75 Å². The van der Waals surface area contributed by atoms with Gasteiger partial charge in [0, 0.05) is 17.1 Å². The summed E-state index contributed by atoms with van der Waals surface area (Å²) in [5.41, 5.74) is 1.95. The van der Waals surface area contributed by atoms with E-state index in [1.54, 1.807) is 49.6 Å². The Kier molecular flexibility index (Phi) is 6.19. The quantitative estimate of drug-likeness (QED) is 0.815. The van der Waals surface area contributed by atoms with Crippen molar-refractivity contribution in [3.63, 3.8) is 0 Å². The normalized spacial score (nSPS) is 11.4. The van der Waals surface area contributed by atoms with Crippen molar-refractivity contribution in [3.8, 4) is 11.8 Å². The van der Waals surface area contributed by atoms with E-state index in [1.807, 2.05) is 0 Å². The van der Waals surface area contributed by atoms with Gasteiger partial charge in [-0.2, -0.15) is 5.26 Å². The number of nitrogens with one attached hydrogen (secondary N) is 1. The fraction of sp³-hybridized carbons (Fsp3) is 0.222. The van der Waals surface area contributed by atoms with Gasteiger partial charge < -0.3 is 9.47 Å². The molecule has 1 N–H and O–H groups in total. The van der Waals surface area contributed by atoms with Gasteiger partial charge in [-0.15, -0.1) is 0 Å². The summed E-state index contributed by atoms with van der Waals surface area (Å²) < 4.78 is 10.2. The maximum Gasteiger partial charge on any atom is 0.327 e. The van der Waals surface area contributed by atoms with E-state index < -0.39 is 12.0 Å². The number of hydrogen-bond donors (Lipinski definition) is 1. The number of halogens is 1. The third-order valence-electron chi connectivity index (χ3n) is 3.53. The zero-order valence-corrected chi connectivity index (χ0v) is 14.1. The second kappa shape index (κ2) is 8.34. The average Bonchev–Trinajstić information content (AvgIpc) is 2.62. The molecule has 0 bridgehead atoms. The summed E-state index contributed by atoms with van der Waals surface area (Å²) in [6.07, 6.45) is 0. The third kappa shape index (κ3) is 4.25. The second-order valence-electron chi connectivity index (χ2n) is 5.03. The molecule has 0 saturated heterocycles. The highest BCUT2D eigenvalue weighted by molar-refractivity contribution is 6.30. The maximum atomic E-state index is 12.1. The molecule has 0 aromatic heterocycles. The van der Waals surface area contributed by atoms with E-state index in [1.165, 1.54) is 7.11 Å². The molecule has 0 aliphatic rings. The maximum absolute atomic E-state index is 12.1. The van der Waals surface area contributed by atoms with E-state index in [9.17, 15) is 4.79 Å². The predicted octanol–water partition coefficient (Wildman–Crippen LogP) is 3.22. The fourth-order valence-corrected chi connectivity index (χ4v) is 2.53. The van der Waals surface area contributed by atoms with Gasteiger partial charge in [0.15, 0.2) is 0 Å². The van der Waals surface area contributed by atoms with Crippen LogP contribution in [-0.4, -0.2) is 20.2 Å². The predicted molar refractivity (Wildman–Crippen MR) is 90.8 cm³/mol. The van der Waals surface area contributed by atoms with Crippen molar-refractivity contribution < 1.29 is 14.3 Å². The number of nitrogens with zero attached hydrogens (tertiary/aromatic N) is 1. The highest BCUT2D eigenvalue weighted by atomic mass is 35.5. The van der Waals surface area contributed by atoms with Crippen molar-refractivity contribution in [2.24, 2.45) is 0 Å². The van der Waals surface area contributed by atoms with Gasteiger partial charge in [-0.25, -0.2) is 4.79 Å². The minimum atomic E-state index is -0.702. The molecule has 6 heteroatoms. The first kappa shape index (κ1) is 17.8. The highest BCUT2D eigenvalue weighted by Gasteiger charge is 2.21. The SMILES string of the molecule is COC(=O)[C@H](NCc1cc(Cl)ccc1OC)c1cccc(C#N)c1. The summed E-state index contributed by atoms with van der Waals surface area (Å²) in [6, 6.07) is 13.5. The molecule has 1 atom stereocenters. The van der Waals surface area contributed by atoms with E-state index in [0.717, 1.165) is 5.56 Å². The van der Waals surface area contributed by atoms with Crippen LogP contribution in [0.2, 0.25) is 5.02 Å². The Morgan fingerprint density at radius 2 is 2.08 bits per heavy atom. The molecule has 0 radical (unpaired) electrons. The van der Waals surface area contributed by atoms with Gasteiger partial charge in [-0.3, -0.25) is 5.32 Å². The van der Waals surface area contributed by atoms with Crippen molar-refractivity contribution in [2.75, 3.05) is 14.2 Å². The largest absolute Gasteiger partial charge is 0.496 e. The van der Waals surface area contributed by atoms with Crippen molar-refractivity contribution >= 4 is 17.6 Å². The summed E-state index contributed by atoms with van der Waals surface area (Å²) in [5, 5.41) is 12.7. The second-order valence-corrected chi connectivity index (χ2v) is 5.47. The lowest BCUT2D eigenvalue weighted by Crippen LogP contribution is -2.29. The Balaban J connectivity index is 2.26. The zero-order chi connectivity index (χ0) is 17.5. The van der Waals surface area contributed by atoms with Crippen LogP contribution < -0.4 is 10.1 Å². The van der Waals surface area contributed by atoms with Gasteiger partial charge in [0.25, 0.3) is 0 Å². The Labute approximate surface area is 145 Å². The molecule has 0 amide bonds. The van der Waals surface area contributed by atoms with E-state index in [2.05, 4.69) is 11.4 Å². The lowest BCUT2D eigenvalue weighted by molar-refractivity contribution is -0.143. The van der Waals surface area contributed by atoms with Gasteiger partial charge in [0.2, 0.25) is 0 Å². The van der Waals surface area contributed by atoms with Crippen LogP contribution in [0.3, 0.4) is 0 Å². The first-order chi connectivity index (χ1) is 11.6. The molecular weight excluding hydrogens is 328 g/mol. The Morgan fingerprint density at radius 3 is 2.75 bits per heavy atom. The third-order valence-corrected chi connectivity index (χ3v) is 3.76. The van der Waals surface area contributed by atoms with E-state index in [0.29, 0.717) is 28.4 Å². The molecule has 0 fully saturated rings. The summed E-state index contributed by atoms with van der Waals surface area (Å²) in [4.78, 5) is 12.1. The average molecular weight is 345 g/mol. The molecular formula is C18H17ClN2O3. The van der Waals surface area contributed by atoms with Crippen LogP contribution in [-0.2, 0) is 16.1 Å². The van der Waals surface area contributed by atoms with Gasteiger partial charge in [0.05, 0.1) is 25.9 Å². The van der Waals surface area contributed by atoms with Crippen molar-refractivity contribution in [1.82, 2.24) is 5.32 Å². The first-order valence-corrected chi connectivity index (χ1v) is 7.60. The van der Waals surface area contributed by atoms with E-state index in [4.69, 9.17) is 26.3 Å². The molecule has 2 aromatic carbocycles. The summed E-state index contributed by atoms with van der Waals surface area (Å²) in [5.74, 6) is 0.229. The van der Waals surface area contributed by atoms with Crippen molar-refractivity contribution in [2.45, 2.75) is 12.6 Å². The van der Waals surface area contributed by atoms with Crippen LogP contribution in [0, 0.1) is 11.3 Å². The number of nitriles is 1. The molecule has 0 heterocycles. The summed E-state index contributed by atoms with van der Waals surface area (Å²) in [6.45, 7) is 0.348. The van der Waals surface area contributed by atoms with E-state index in [-0.39, 0.29) is 0 Å². The molecule has 2 rings (SSSR count). The number of rotatable bonds is 6. The Bertz CT molecular complexity index is 771. The fourth-order valence-electron chi connectivity index (χ4n) is 2.34. The number of carbonyl (C=O) groups excluding carboxylic acids is 1. The molecule has 24 heavy (non-hydrogen) atoms. The van der Waals surface area contributed by atoms with Gasteiger partial charge in [0.1, 0.15) is 11.8 Å². The number of ether oxygens (including phenoxy) is 2.